The first-order valence-corrected chi connectivity index (χ1v) is 13.2. The number of benzene rings is 2. The van der Waals surface area contributed by atoms with E-state index in [9.17, 15) is 4.79 Å². The average molecular weight is 523 g/mol. The number of nitrogens with zero attached hydrogens (tertiary/aromatic N) is 3. The Kier molecular flexibility index (Phi) is 11.8. The number of piperazine rings is 1. The smallest absolute Gasteiger partial charge is 0.332 e. The molecule has 0 saturated carbocycles. The van der Waals surface area contributed by atoms with E-state index < -0.39 is 0 Å². The van der Waals surface area contributed by atoms with Crippen LogP contribution in [0.25, 0.3) is 0 Å². The summed E-state index contributed by atoms with van der Waals surface area (Å²) in [7, 11) is 0. The molecule has 1 heterocycles. The molecule has 0 bridgehead atoms. The molecule has 1 aliphatic heterocycles. The van der Waals surface area contributed by atoms with Crippen LogP contribution in [0.4, 0.5) is 0 Å². The topological polar surface area (TPSA) is 45.2 Å². The molecule has 2 aromatic carbocycles. The van der Waals surface area contributed by atoms with Gasteiger partial charge in [0.1, 0.15) is 13.2 Å². The summed E-state index contributed by atoms with van der Waals surface area (Å²) in [6.45, 7) is 12.4. The number of hydrogen-bond donors (Lipinski definition) is 0. The first-order valence-electron chi connectivity index (χ1n) is 12.4. The number of likely N-dealkylation sites (N-methyl/N-ethyl adjacent to an activating group) is 1. The van der Waals surface area contributed by atoms with Crippen molar-refractivity contribution in [2.24, 2.45) is 0 Å². The molecule has 0 aromatic heterocycles. The number of halogens is 2. The molecule has 0 N–H and O–H groups in total. The van der Waals surface area contributed by atoms with Gasteiger partial charge in [-0.3, -0.25) is 9.80 Å². The van der Waals surface area contributed by atoms with Gasteiger partial charge in [0.05, 0.1) is 12.6 Å². The quantitative estimate of drug-likeness (QED) is 0.283. The minimum Gasteiger partial charge on any atom is -0.463 e. The van der Waals surface area contributed by atoms with E-state index in [2.05, 4.69) is 52.8 Å². The summed E-state index contributed by atoms with van der Waals surface area (Å²) in [5.41, 5.74) is 2.43. The van der Waals surface area contributed by atoms with Crippen LogP contribution in [0, 0.1) is 0 Å². The SMILES string of the molecule is CCN(CC)CCOC(=O)COCCN1CCN(C(c2ccc(Cl)cc2)c2ccc(Cl)cc2)CC1. The molecule has 0 unspecified atom stereocenters. The highest BCUT2D eigenvalue weighted by Gasteiger charge is 2.26. The average Bonchev–Trinajstić information content (AvgIpc) is 2.88. The van der Waals surface area contributed by atoms with Crippen molar-refractivity contribution in [2.75, 3.05) is 72.2 Å². The Morgan fingerprint density at radius 3 is 1.94 bits per heavy atom. The molecule has 1 saturated heterocycles. The molecule has 0 radical (unpaired) electrons. The van der Waals surface area contributed by atoms with Gasteiger partial charge in [-0.05, 0) is 48.5 Å². The van der Waals surface area contributed by atoms with Gasteiger partial charge >= 0.3 is 5.97 Å². The third kappa shape index (κ3) is 9.05. The van der Waals surface area contributed by atoms with E-state index in [1.54, 1.807) is 0 Å². The lowest BCUT2D eigenvalue weighted by Gasteiger charge is -2.39. The lowest BCUT2D eigenvalue weighted by atomic mass is 9.96. The number of carbonyl (C=O) groups is 1. The van der Waals surface area contributed by atoms with Crippen LogP contribution in [0.2, 0.25) is 10.0 Å². The van der Waals surface area contributed by atoms with Crippen LogP contribution in [0.3, 0.4) is 0 Å². The van der Waals surface area contributed by atoms with E-state index in [0.717, 1.165) is 62.4 Å². The Labute approximate surface area is 219 Å². The van der Waals surface area contributed by atoms with Gasteiger partial charge in [0.2, 0.25) is 0 Å². The van der Waals surface area contributed by atoms with E-state index >= 15 is 0 Å². The molecule has 0 spiro atoms. The molecule has 1 fully saturated rings. The third-order valence-electron chi connectivity index (χ3n) is 6.48. The van der Waals surface area contributed by atoms with Gasteiger partial charge < -0.3 is 14.4 Å². The highest BCUT2D eigenvalue weighted by molar-refractivity contribution is 6.30. The van der Waals surface area contributed by atoms with Gasteiger partial charge in [-0.25, -0.2) is 4.79 Å². The van der Waals surface area contributed by atoms with Crippen molar-refractivity contribution in [3.05, 3.63) is 69.7 Å². The Hall–Kier alpha value is -1.67. The molecule has 0 atom stereocenters. The Bertz CT molecular complexity index is 838. The number of rotatable bonds is 13. The highest BCUT2D eigenvalue weighted by atomic mass is 35.5. The monoisotopic (exact) mass is 521 g/mol. The lowest BCUT2D eigenvalue weighted by Crippen LogP contribution is -2.48. The van der Waals surface area contributed by atoms with Gasteiger partial charge in [-0.2, -0.15) is 0 Å². The maximum atomic E-state index is 11.9. The van der Waals surface area contributed by atoms with Crippen LogP contribution in [0.1, 0.15) is 31.0 Å². The molecular weight excluding hydrogens is 485 g/mol. The van der Waals surface area contributed by atoms with Crippen LogP contribution in [-0.4, -0.2) is 92.8 Å². The molecule has 6 nitrogen and oxygen atoms in total. The summed E-state index contributed by atoms with van der Waals surface area (Å²) in [6, 6.07) is 16.3. The zero-order chi connectivity index (χ0) is 25.0. The van der Waals surface area contributed by atoms with E-state index in [4.69, 9.17) is 32.7 Å². The number of ether oxygens (including phenoxy) is 2. The predicted octanol–water partition coefficient (Wildman–Crippen LogP) is 4.60. The molecule has 2 aromatic rings. The van der Waals surface area contributed by atoms with Crippen LogP contribution in [0.15, 0.2) is 48.5 Å². The lowest BCUT2D eigenvalue weighted by molar-refractivity contribution is -0.149. The molecule has 35 heavy (non-hydrogen) atoms. The number of esters is 1. The van der Waals surface area contributed by atoms with Crippen LogP contribution >= 0.6 is 23.2 Å². The zero-order valence-electron chi connectivity index (χ0n) is 20.8. The van der Waals surface area contributed by atoms with Gasteiger partial charge in [0, 0.05) is 49.3 Å². The maximum Gasteiger partial charge on any atom is 0.332 e. The fourth-order valence-corrected chi connectivity index (χ4v) is 4.62. The largest absolute Gasteiger partial charge is 0.463 e. The molecule has 8 heteroatoms. The second-order valence-corrected chi connectivity index (χ2v) is 9.56. The van der Waals surface area contributed by atoms with E-state index in [0.29, 0.717) is 13.2 Å². The van der Waals surface area contributed by atoms with Crippen molar-refractivity contribution in [1.29, 1.82) is 0 Å². The van der Waals surface area contributed by atoms with Gasteiger partial charge in [-0.15, -0.1) is 0 Å². The summed E-state index contributed by atoms with van der Waals surface area (Å²) >= 11 is 12.3. The van der Waals surface area contributed by atoms with Gasteiger partial charge in [0.15, 0.2) is 0 Å². The van der Waals surface area contributed by atoms with Crippen molar-refractivity contribution >= 4 is 29.2 Å². The molecule has 192 valence electrons. The molecule has 0 aliphatic carbocycles. The van der Waals surface area contributed by atoms with Gasteiger partial charge in [-0.1, -0.05) is 61.3 Å². The minimum atomic E-state index is -0.296. The fourth-order valence-electron chi connectivity index (χ4n) is 4.37. The summed E-state index contributed by atoms with van der Waals surface area (Å²) in [5.74, 6) is -0.296. The molecule has 0 amide bonds. The standard InChI is InChI=1S/C27H37Cl2N3O3/c1-3-30(4-2)18-20-35-26(33)21-34-19-17-31-13-15-32(16-14-31)27(22-5-9-24(28)10-6-22)23-7-11-25(29)12-8-23/h5-12,27H,3-4,13-21H2,1-2H3. The Balaban J connectivity index is 1.43. The summed E-state index contributed by atoms with van der Waals surface area (Å²) in [5, 5.41) is 1.47. The van der Waals surface area contributed by atoms with Gasteiger partial charge in [0.25, 0.3) is 0 Å². The third-order valence-corrected chi connectivity index (χ3v) is 6.98. The van der Waals surface area contributed by atoms with Crippen LogP contribution < -0.4 is 0 Å². The normalized spacial score (nSPS) is 15.1. The Morgan fingerprint density at radius 2 is 1.43 bits per heavy atom. The van der Waals surface area contributed by atoms with Crippen LogP contribution in [-0.2, 0) is 14.3 Å². The second-order valence-electron chi connectivity index (χ2n) is 8.68. The van der Waals surface area contributed by atoms with E-state index in [1.807, 2.05) is 24.3 Å². The number of carbonyl (C=O) groups excluding carboxylic acids is 1. The van der Waals surface area contributed by atoms with E-state index in [1.165, 1.54) is 11.1 Å². The summed E-state index contributed by atoms with van der Waals surface area (Å²) in [4.78, 5) is 19.0. The molecule has 3 rings (SSSR count). The molecule has 1 aliphatic rings. The van der Waals surface area contributed by atoms with E-state index in [-0.39, 0.29) is 18.6 Å². The van der Waals surface area contributed by atoms with Crippen molar-refractivity contribution in [2.45, 2.75) is 19.9 Å². The minimum absolute atomic E-state index is 0.00736. The first kappa shape index (κ1) is 27.9. The summed E-state index contributed by atoms with van der Waals surface area (Å²) in [6.07, 6.45) is 0. The van der Waals surface area contributed by atoms with Crippen molar-refractivity contribution in [3.8, 4) is 0 Å². The highest BCUT2D eigenvalue weighted by Crippen LogP contribution is 2.31. The zero-order valence-corrected chi connectivity index (χ0v) is 22.3. The second kappa shape index (κ2) is 14.8. The predicted molar refractivity (Wildman–Crippen MR) is 142 cm³/mol. The first-order chi connectivity index (χ1) is 17.0. The van der Waals surface area contributed by atoms with Crippen LogP contribution in [0.5, 0.6) is 0 Å². The van der Waals surface area contributed by atoms with Crippen molar-refractivity contribution in [1.82, 2.24) is 14.7 Å². The fraction of sp³-hybridized carbons (Fsp3) is 0.519. The van der Waals surface area contributed by atoms with Crippen molar-refractivity contribution in [3.63, 3.8) is 0 Å². The Morgan fingerprint density at radius 1 is 0.886 bits per heavy atom. The van der Waals surface area contributed by atoms with Crippen molar-refractivity contribution < 1.29 is 14.3 Å². The summed E-state index contributed by atoms with van der Waals surface area (Å²) < 4.78 is 10.8. The molecular formula is C27H37Cl2N3O3. The number of hydrogen-bond acceptors (Lipinski definition) is 6. The maximum absolute atomic E-state index is 11.9.